The van der Waals surface area contributed by atoms with Crippen LogP contribution in [-0.4, -0.2) is 43.7 Å². The summed E-state index contributed by atoms with van der Waals surface area (Å²) in [6.45, 7) is 6.83. The molecule has 1 aliphatic heterocycles. The first-order chi connectivity index (χ1) is 10.6. The van der Waals surface area contributed by atoms with Crippen LogP contribution in [0.2, 0.25) is 0 Å². The Morgan fingerprint density at radius 3 is 2.61 bits per heavy atom. The second kappa shape index (κ2) is 9.85. The molecule has 1 aromatic carbocycles. The molecule has 0 saturated carbocycles. The predicted molar refractivity (Wildman–Crippen MR) is 105 cm³/mol. The summed E-state index contributed by atoms with van der Waals surface area (Å²) in [5.74, 6) is 2.96. The molecule has 2 N–H and O–H groups in total. The molecule has 1 heterocycles. The highest BCUT2D eigenvalue weighted by Gasteiger charge is 2.17. The minimum atomic E-state index is -0.0193. The summed E-state index contributed by atoms with van der Waals surface area (Å²) in [6, 6.07) is 7.56. The lowest BCUT2D eigenvalue weighted by Crippen LogP contribution is -2.43. The normalized spacial score (nSPS) is 19.7. The molecule has 0 radical (unpaired) electrons. The SMILES string of the molecule is COc1ccc(OC(C)CN=C(N)N2CCCC(C)C2)cc1.I. The summed E-state index contributed by atoms with van der Waals surface area (Å²) in [7, 11) is 1.65. The molecule has 1 saturated heterocycles. The summed E-state index contributed by atoms with van der Waals surface area (Å²) in [5.41, 5.74) is 6.09. The molecule has 2 rings (SSSR count). The maximum Gasteiger partial charge on any atom is 0.191 e. The van der Waals surface area contributed by atoms with E-state index in [2.05, 4.69) is 16.8 Å². The third kappa shape index (κ3) is 6.45. The first-order valence-electron chi connectivity index (χ1n) is 7.94. The van der Waals surface area contributed by atoms with Gasteiger partial charge in [0.1, 0.15) is 17.6 Å². The van der Waals surface area contributed by atoms with Crippen LogP contribution in [-0.2, 0) is 0 Å². The number of nitrogens with two attached hydrogens (primary N) is 1. The summed E-state index contributed by atoms with van der Waals surface area (Å²) in [4.78, 5) is 6.66. The van der Waals surface area contributed by atoms with E-state index in [9.17, 15) is 0 Å². The van der Waals surface area contributed by atoms with Crippen molar-refractivity contribution >= 4 is 29.9 Å². The summed E-state index contributed by atoms with van der Waals surface area (Å²) in [5, 5.41) is 0. The molecule has 1 fully saturated rings. The van der Waals surface area contributed by atoms with Gasteiger partial charge in [0, 0.05) is 13.1 Å². The molecule has 1 aromatic rings. The van der Waals surface area contributed by atoms with Crippen LogP contribution in [0.3, 0.4) is 0 Å². The molecule has 0 aliphatic carbocycles. The first kappa shape index (κ1) is 19.9. The number of ether oxygens (including phenoxy) is 2. The molecular weight excluding hydrogens is 405 g/mol. The van der Waals surface area contributed by atoms with Gasteiger partial charge in [-0.05, 0) is 49.9 Å². The number of guanidine groups is 1. The number of halogens is 1. The zero-order valence-corrected chi connectivity index (χ0v) is 16.5. The molecule has 2 unspecified atom stereocenters. The van der Waals surface area contributed by atoms with Crippen molar-refractivity contribution in [3.63, 3.8) is 0 Å². The van der Waals surface area contributed by atoms with Gasteiger partial charge in [0.05, 0.1) is 13.7 Å². The zero-order chi connectivity index (χ0) is 15.9. The van der Waals surface area contributed by atoms with Gasteiger partial charge in [0.15, 0.2) is 5.96 Å². The predicted octanol–water partition coefficient (Wildman–Crippen LogP) is 3.13. The van der Waals surface area contributed by atoms with Crippen LogP contribution < -0.4 is 15.2 Å². The number of aliphatic imine (C=N–C) groups is 1. The second-order valence-corrected chi connectivity index (χ2v) is 6.00. The van der Waals surface area contributed by atoms with Crippen molar-refractivity contribution in [2.45, 2.75) is 32.8 Å². The fourth-order valence-electron chi connectivity index (χ4n) is 2.64. The molecule has 0 aromatic heterocycles. The zero-order valence-electron chi connectivity index (χ0n) is 14.2. The van der Waals surface area contributed by atoms with E-state index < -0.39 is 0 Å². The molecule has 5 nitrogen and oxygen atoms in total. The maximum absolute atomic E-state index is 6.09. The van der Waals surface area contributed by atoms with Crippen LogP contribution in [0.1, 0.15) is 26.7 Å². The summed E-state index contributed by atoms with van der Waals surface area (Å²) >= 11 is 0. The molecule has 1 aliphatic rings. The quantitative estimate of drug-likeness (QED) is 0.441. The van der Waals surface area contributed by atoms with Gasteiger partial charge in [0.25, 0.3) is 0 Å². The van der Waals surface area contributed by atoms with Gasteiger partial charge in [-0.3, -0.25) is 0 Å². The lowest BCUT2D eigenvalue weighted by atomic mass is 10.0. The lowest BCUT2D eigenvalue weighted by molar-refractivity contribution is 0.227. The van der Waals surface area contributed by atoms with Gasteiger partial charge in [0.2, 0.25) is 0 Å². The molecule has 0 amide bonds. The van der Waals surface area contributed by atoms with Crippen molar-refractivity contribution in [2.75, 3.05) is 26.7 Å². The standard InChI is InChI=1S/C17H27N3O2.HI/c1-13-5-4-10-20(12-13)17(18)19-11-14(2)22-16-8-6-15(21-3)7-9-16;/h6-9,13-14H,4-5,10-12H2,1-3H3,(H2,18,19);1H. The highest BCUT2D eigenvalue weighted by atomic mass is 127. The van der Waals surface area contributed by atoms with Crippen LogP contribution in [0, 0.1) is 5.92 Å². The summed E-state index contributed by atoms with van der Waals surface area (Å²) < 4.78 is 11.0. The van der Waals surface area contributed by atoms with E-state index in [1.165, 1.54) is 12.8 Å². The number of piperidine rings is 1. The Morgan fingerprint density at radius 1 is 1.35 bits per heavy atom. The van der Waals surface area contributed by atoms with E-state index in [4.69, 9.17) is 15.2 Å². The second-order valence-electron chi connectivity index (χ2n) is 6.00. The van der Waals surface area contributed by atoms with E-state index in [0.29, 0.717) is 18.4 Å². The Balaban J connectivity index is 0.00000264. The van der Waals surface area contributed by atoms with Gasteiger partial charge in [-0.2, -0.15) is 0 Å². The minimum absolute atomic E-state index is 0. The Labute approximate surface area is 156 Å². The minimum Gasteiger partial charge on any atom is -0.497 e. The molecule has 0 bridgehead atoms. The molecule has 2 atom stereocenters. The molecule has 130 valence electrons. The van der Waals surface area contributed by atoms with Crippen LogP contribution in [0.15, 0.2) is 29.3 Å². The van der Waals surface area contributed by atoms with Crippen LogP contribution in [0.4, 0.5) is 0 Å². The van der Waals surface area contributed by atoms with Crippen molar-refractivity contribution in [2.24, 2.45) is 16.6 Å². The number of hydrogen-bond acceptors (Lipinski definition) is 3. The molecule has 23 heavy (non-hydrogen) atoms. The van der Waals surface area contributed by atoms with Gasteiger partial charge < -0.3 is 20.1 Å². The van der Waals surface area contributed by atoms with Crippen LogP contribution >= 0.6 is 24.0 Å². The van der Waals surface area contributed by atoms with E-state index in [1.807, 2.05) is 31.2 Å². The number of methoxy groups -OCH3 is 1. The highest BCUT2D eigenvalue weighted by molar-refractivity contribution is 14.0. The number of benzene rings is 1. The Kier molecular flexibility index (Phi) is 8.51. The molecule has 6 heteroatoms. The molecular formula is C17H28IN3O2. The topological polar surface area (TPSA) is 60.1 Å². The fourth-order valence-corrected chi connectivity index (χ4v) is 2.64. The molecule has 0 spiro atoms. The Bertz CT molecular complexity index is 493. The highest BCUT2D eigenvalue weighted by Crippen LogP contribution is 2.18. The first-order valence-corrected chi connectivity index (χ1v) is 7.94. The number of rotatable bonds is 5. The van der Waals surface area contributed by atoms with Crippen LogP contribution in [0.25, 0.3) is 0 Å². The van der Waals surface area contributed by atoms with E-state index in [-0.39, 0.29) is 30.1 Å². The average molecular weight is 433 g/mol. The van der Waals surface area contributed by atoms with Crippen molar-refractivity contribution in [1.29, 1.82) is 0 Å². The number of hydrogen-bond donors (Lipinski definition) is 1. The van der Waals surface area contributed by atoms with Crippen molar-refractivity contribution in [1.82, 2.24) is 4.90 Å². The van der Waals surface area contributed by atoms with Gasteiger partial charge in [-0.25, -0.2) is 4.99 Å². The Hall–Kier alpha value is -1.18. The fraction of sp³-hybridized carbons (Fsp3) is 0.588. The average Bonchev–Trinajstić information content (AvgIpc) is 2.53. The monoisotopic (exact) mass is 433 g/mol. The lowest BCUT2D eigenvalue weighted by Gasteiger charge is -2.31. The third-order valence-electron chi connectivity index (χ3n) is 3.89. The number of nitrogens with zero attached hydrogens (tertiary/aromatic N) is 2. The van der Waals surface area contributed by atoms with Gasteiger partial charge in [-0.1, -0.05) is 6.92 Å². The van der Waals surface area contributed by atoms with Gasteiger partial charge >= 0.3 is 0 Å². The van der Waals surface area contributed by atoms with E-state index in [0.717, 1.165) is 24.6 Å². The van der Waals surface area contributed by atoms with Crippen molar-refractivity contribution in [3.8, 4) is 11.5 Å². The van der Waals surface area contributed by atoms with Gasteiger partial charge in [-0.15, -0.1) is 24.0 Å². The maximum atomic E-state index is 6.09. The van der Waals surface area contributed by atoms with Crippen LogP contribution in [0.5, 0.6) is 11.5 Å². The third-order valence-corrected chi connectivity index (χ3v) is 3.89. The van der Waals surface area contributed by atoms with E-state index in [1.54, 1.807) is 7.11 Å². The largest absolute Gasteiger partial charge is 0.497 e. The van der Waals surface area contributed by atoms with Crippen molar-refractivity contribution in [3.05, 3.63) is 24.3 Å². The van der Waals surface area contributed by atoms with E-state index >= 15 is 0 Å². The smallest absolute Gasteiger partial charge is 0.191 e. The Morgan fingerprint density at radius 2 is 2.00 bits per heavy atom. The number of likely N-dealkylation sites (tertiary alicyclic amines) is 1. The summed E-state index contributed by atoms with van der Waals surface area (Å²) in [6.07, 6.45) is 2.45. The van der Waals surface area contributed by atoms with Crippen molar-refractivity contribution < 1.29 is 9.47 Å².